The van der Waals surface area contributed by atoms with Gasteiger partial charge < -0.3 is 15.0 Å². The number of ether oxygens (including phenoxy) is 1. The second kappa shape index (κ2) is 10.4. The van der Waals surface area contributed by atoms with E-state index in [9.17, 15) is 13.2 Å². The summed E-state index contributed by atoms with van der Waals surface area (Å²) in [5.41, 5.74) is 1.70. The lowest BCUT2D eigenvalue weighted by Crippen LogP contribution is -2.27. The van der Waals surface area contributed by atoms with Crippen LogP contribution in [0.4, 0.5) is 17.3 Å². The zero-order valence-corrected chi connectivity index (χ0v) is 20.1. The number of carbonyl (C=O) groups is 1. The summed E-state index contributed by atoms with van der Waals surface area (Å²) in [6.07, 6.45) is 0. The van der Waals surface area contributed by atoms with Crippen LogP contribution in [-0.2, 0) is 14.8 Å². The van der Waals surface area contributed by atoms with Gasteiger partial charge in [-0.05, 0) is 48.5 Å². The van der Waals surface area contributed by atoms with Crippen LogP contribution < -0.4 is 19.7 Å². The first kappa shape index (κ1) is 24.0. The van der Waals surface area contributed by atoms with Gasteiger partial charge in [0, 0.05) is 19.7 Å². The number of para-hydroxylation sites is 3. The number of fused-ring (bicyclic) bond motifs is 1. The fourth-order valence-electron chi connectivity index (χ4n) is 3.36. The minimum Gasteiger partial charge on any atom is -0.492 e. The Balaban J connectivity index is 1.59. The molecule has 4 aromatic rings. The topological polar surface area (TPSA) is 114 Å². The number of likely N-dealkylation sites (N-methyl/N-ethyl adjacent to an activating group) is 1. The van der Waals surface area contributed by atoms with Gasteiger partial charge in [-0.2, -0.15) is 0 Å². The molecular weight excluding hydrogens is 466 g/mol. The van der Waals surface area contributed by atoms with E-state index in [0.29, 0.717) is 35.7 Å². The fourth-order valence-corrected chi connectivity index (χ4v) is 4.36. The van der Waals surface area contributed by atoms with Crippen molar-refractivity contribution in [2.45, 2.75) is 11.8 Å². The molecule has 1 heterocycles. The van der Waals surface area contributed by atoms with Crippen molar-refractivity contribution in [3.8, 4) is 5.75 Å². The smallest absolute Gasteiger partial charge is 0.263 e. The number of rotatable bonds is 9. The average Bonchev–Trinajstić information content (AvgIpc) is 2.84. The number of aromatic nitrogens is 2. The normalized spacial score (nSPS) is 11.1. The Hall–Kier alpha value is -4.18. The number of sulfonamides is 1. The molecule has 0 aliphatic carbocycles. The van der Waals surface area contributed by atoms with Gasteiger partial charge in [0.05, 0.1) is 22.5 Å². The van der Waals surface area contributed by atoms with E-state index < -0.39 is 10.0 Å². The molecule has 0 fully saturated rings. The number of carbonyl (C=O) groups excluding carboxylic acids is 1. The van der Waals surface area contributed by atoms with Gasteiger partial charge in [0.25, 0.3) is 10.0 Å². The molecule has 0 radical (unpaired) electrons. The second-order valence-corrected chi connectivity index (χ2v) is 9.46. The Morgan fingerprint density at radius 1 is 0.914 bits per heavy atom. The minimum absolute atomic E-state index is 0.0302. The highest BCUT2D eigenvalue weighted by Gasteiger charge is 2.21. The molecule has 1 amide bonds. The summed E-state index contributed by atoms with van der Waals surface area (Å²) in [6, 6.07) is 22.6. The SMILES string of the molecule is CC(=O)Nc1ccc(S(=O)(=O)Nc2nc3ccccc3nc2N(C)CCOc2ccccc2)cc1. The van der Waals surface area contributed by atoms with Gasteiger partial charge in [-0.15, -0.1) is 0 Å². The summed E-state index contributed by atoms with van der Waals surface area (Å²) in [4.78, 5) is 22.2. The average molecular weight is 492 g/mol. The molecule has 35 heavy (non-hydrogen) atoms. The highest BCUT2D eigenvalue weighted by atomic mass is 32.2. The lowest BCUT2D eigenvalue weighted by molar-refractivity contribution is -0.114. The van der Waals surface area contributed by atoms with Crippen molar-refractivity contribution in [1.29, 1.82) is 0 Å². The molecule has 0 spiro atoms. The molecular formula is C25H25N5O4S. The first-order chi connectivity index (χ1) is 16.8. The Labute approximate surface area is 203 Å². The summed E-state index contributed by atoms with van der Waals surface area (Å²) in [5, 5.41) is 2.61. The maximum Gasteiger partial charge on any atom is 0.263 e. The Morgan fingerprint density at radius 2 is 1.54 bits per heavy atom. The van der Waals surface area contributed by atoms with Gasteiger partial charge in [-0.25, -0.2) is 18.4 Å². The fraction of sp³-hybridized carbons (Fsp3) is 0.160. The monoisotopic (exact) mass is 491 g/mol. The highest BCUT2D eigenvalue weighted by molar-refractivity contribution is 7.92. The van der Waals surface area contributed by atoms with E-state index >= 15 is 0 Å². The second-order valence-electron chi connectivity index (χ2n) is 7.78. The molecule has 2 N–H and O–H groups in total. The summed E-state index contributed by atoms with van der Waals surface area (Å²) < 4.78 is 34.6. The quantitative estimate of drug-likeness (QED) is 0.365. The number of nitrogens with one attached hydrogen (secondary N) is 2. The number of amides is 1. The number of anilines is 3. The molecule has 0 saturated carbocycles. The van der Waals surface area contributed by atoms with E-state index in [1.165, 1.54) is 31.2 Å². The maximum absolute atomic E-state index is 13.1. The van der Waals surface area contributed by atoms with Crippen LogP contribution in [0.5, 0.6) is 5.75 Å². The Morgan fingerprint density at radius 3 is 2.20 bits per heavy atom. The molecule has 3 aromatic carbocycles. The molecule has 1 aromatic heterocycles. The molecule has 0 atom stereocenters. The Bertz CT molecular complexity index is 1430. The van der Waals surface area contributed by atoms with Crippen LogP contribution in [0.2, 0.25) is 0 Å². The van der Waals surface area contributed by atoms with Gasteiger partial charge in [0.2, 0.25) is 5.91 Å². The van der Waals surface area contributed by atoms with Gasteiger partial charge in [-0.1, -0.05) is 30.3 Å². The predicted octanol–water partition coefficient (Wildman–Crippen LogP) is 3.90. The van der Waals surface area contributed by atoms with E-state index in [2.05, 4.69) is 20.0 Å². The first-order valence-corrected chi connectivity index (χ1v) is 12.4. The molecule has 0 aliphatic heterocycles. The zero-order valence-electron chi connectivity index (χ0n) is 19.3. The van der Waals surface area contributed by atoms with Crippen molar-refractivity contribution in [2.24, 2.45) is 0 Å². The van der Waals surface area contributed by atoms with Crippen LogP contribution in [0.3, 0.4) is 0 Å². The van der Waals surface area contributed by atoms with Crippen molar-refractivity contribution in [2.75, 3.05) is 35.1 Å². The van der Waals surface area contributed by atoms with Crippen molar-refractivity contribution in [1.82, 2.24) is 9.97 Å². The molecule has 4 rings (SSSR count). The maximum atomic E-state index is 13.1. The van der Waals surface area contributed by atoms with Crippen molar-refractivity contribution in [3.63, 3.8) is 0 Å². The summed E-state index contributed by atoms with van der Waals surface area (Å²) in [7, 11) is -2.17. The van der Waals surface area contributed by atoms with Crippen molar-refractivity contribution in [3.05, 3.63) is 78.9 Å². The number of nitrogens with zero attached hydrogens (tertiary/aromatic N) is 3. The molecule has 10 heteroatoms. The number of benzene rings is 3. The molecule has 0 bridgehead atoms. The first-order valence-electron chi connectivity index (χ1n) is 10.9. The zero-order chi connectivity index (χ0) is 24.8. The summed E-state index contributed by atoms with van der Waals surface area (Å²) in [6.45, 7) is 2.20. The lowest BCUT2D eigenvalue weighted by Gasteiger charge is -2.22. The largest absolute Gasteiger partial charge is 0.492 e. The van der Waals surface area contributed by atoms with Crippen LogP contribution in [-0.4, -0.2) is 44.5 Å². The van der Waals surface area contributed by atoms with Crippen LogP contribution in [0.25, 0.3) is 11.0 Å². The minimum atomic E-state index is -3.97. The van der Waals surface area contributed by atoms with E-state index in [-0.39, 0.29) is 16.6 Å². The van der Waals surface area contributed by atoms with Crippen LogP contribution in [0.15, 0.2) is 83.8 Å². The Kier molecular flexibility index (Phi) is 7.11. The molecule has 0 aliphatic rings. The molecule has 0 saturated heterocycles. The van der Waals surface area contributed by atoms with E-state index in [1.54, 1.807) is 18.0 Å². The molecule has 9 nitrogen and oxygen atoms in total. The van der Waals surface area contributed by atoms with E-state index in [1.807, 2.05) is 48.5 Å². The van der Waals surface area contributed by atoms with Crippen LogP contribution in [0.1, 0.15) is 6.92 Å². The van der Waals surface area contributed by atoms with Gasteiger partial charge in [0.15, 0.2) is 11.6 Å². The third-order valence-electron chi connectivity index (χ3n) is 5.07. The van der Waals surface area contributed by atoms with E-state index in [4.69, 9.17) is 4.74 Å². The molecule has 180 valence electrons. The third-order valence-corrected chi connectivity index (χ3v) is 6.42. The van der Waals surface area contributed by atoms with E-state index in [0.717, 1.165) is 5.75 Å². The number of hydrogen-bond acceptors (Lipinski definition) is 7. The lowest BCUT2D eigenvalue weighted by atomic mass is 10.3. The van der Waals surface area contributed by atoms with Gasteiger partial charge in [0.1, 0.15) is 12.4 Å². The summed E-state index contributed by atoms with van der Waals surface area (Å²) >= 11 is 0. The van der Waals surface area contributed by atoms with Crippen LogP contribution in [0, 0.1) is 0 Å². The number of hydrogen-bond donors (Lipinski definition) is 2. The standard InChI is InChI=1S/C25H25N5O4S/c1-18(31)26-19-12-14-21(15-13-19)35(32,33)29-24-25(28-23-11-7-6-10-22(23)27-24)30(2)16-17-34-20-8-4-3-5-9-20/h3-15H,16-17H2,1-2H3,(H,26,31)(H,27,29). The van der Waals surface area contributed by atoms with Crippen molar-refractivity contribution >= 4 is 44.3 Å². The van der Waals surface area contributed by atoms with Crippen LogP contribution >= 0.6 is 0 Å². The van der Waals surface area contributed by atoms with Gasteiger partial charge >= 0.3 is 0 Å². The molecule has 0 unspecified atom stereocenters. The predicted molar refractivity (Wildman–Crippen MR) is 136 cm³/mol. The van der Waals surface area contributed by atoms with Gasteiger partial charge in [-0.3, -0.25) is 9.52 Å². The third kappa shape index (κ3) is 6.04. The highest BCUT2D eigenvalue weighted by Crippen LogP contribution is 2.27. The van der Waals surface area contributed by atoms with Crippen molar-refractivity contribution < 1.29 is 17.9 Å². The summed E-state index contributed by atoms with van der Waals surface area (Å²) in [5.74, 6) is 0.985.